The number of phenols is 3. The summed E-state index contributed by atoms with van der Waals surface area (Å²) >= 11 is 0. The van der Waals surface area contributed by atoms with Crippen LogP contribution in [0.25, 0.3) is 0 Å². The van der Waals surface area contributed by atoms with E-state index in [2.05, 4.69) is 0 Å². The third-order valence-corrected chi connectivity index (χ3v) is 3.66. The van der Waals surface area contributed by atoms with Crippen LogP contribution < -0.4 is 9.47 Å². The molecule has 1 aliphatic heterocycles. The second kappa shape index (κ2) is 5.31. The lowest BCUT2D eigenvalue weighted by Gasteiger charge is -2.31. The van der Waals surface area contributed by atoms with Crippen LogP contribution >= 0.6 is 0 Å². The van der Waals surface area contributed by atoms with Crippen LogP contribution in [-0.2, 0) is 6.42 Å². The average molecular weight is 304 g/mol. The first-order valence-corrected chi connectivity index (χ1v) is 6.75. The highest BCUT2D eigenvalue weighted by Gasteiger charge is 2.32. The molecular formula is C16H16O6. The van der Waals surface area contributed by atoms with Crippen molar-refractivity contribution in [3.8, 4) is 28.7 Å². The van der Waals surface area contributed by atoms with Gasteiger partial charge in [-0.2, -0.15) is 0 Å². The van der Waals surface area contributed by atoms with Crippen LogP contribution in [0.2, 0.25) is 0 Å². The first-order valence-electron chi connectivity index (χ1n) is 6.75. The molecular weight excluding hydrogens is 288 g/mol. The fraction of sp³-hybridized carbons (Fsp3) is 0.250. The summed E-state index contributed by atoms with van der Waals surface area (Å²) in [7, 11) is 1.47. The topological polar surface area (TPSA) is 99.4 Å². The number of aliphatic hydroxyl groups excluding tert-OH is 1. The van der Waals surface area contributed by atoms with E-state index in [0.717, 1.165) is 0 Å². The zero-order chi connectivity index (χ0) is 15.9. The number of hydrogen-bond donors (Lipinski definition) is 4. The first kappa shape index (κ1) is 14.3. The minimum absolute atomic E-state index is 0.00490. The highest BCUT2D eigenvalue weighted by molar-refractivity contribution is 5.52. The number of phenolic OH excluding ortho intramolecular Hbond substituents is 3. The number of methoxy groups -OCH3 is 1. The van der Waals surface area contributed by atoms with E-state index in [0.29, 0.717) is 22.6 Å². The maximum absolute atomic E-state index is 10.3. The molecule has 0 fully saturated rings. The molecule has 22 heavy (non-hydrogen) atoms. The monoisotopic (exact) mass is 304 g/mol. The van der Waals surface area contributed by atoms with E-state index in [1.165, 1.54) is 31.4 Å². The summed E-state index contributed by atoms with van der Waals surface area (Å²) in [5.74, 6) is 0.487. The molecule has 0 spiro atoms. The van der Waals surface area contributed by atoms with Crippen molar-refractivity contribution in [2.45, 2.75) is 18.6 Å². The van der Waals surface area contributed by atoms with Gasteiger partial charge in [0.05, 0.1) is 13.2 Å². The van der Waals surface area contributed by atoms with Gasteiger partial charge in [-0.3, -0.25) is 0 Å². The van der Waals surface area contributed by atoms with Crippen LogP contribution in [0.5, 0.6) is 28.7 Å². The van der Waals surface area contributed by atoms with Crippen molar-refractivity contribution < 1.29 is 29.9 Å². The lowest BCUT2D eigenvalue weighted by Crippen LogP contribution is -2.30. The van der Waals surface area contributed by atoms with Gasteiger partial charge in [0.25, 0.3) is 0 Å². The summed E-state index contributed by atoms with van der Waals surface area (Å²) in [6.07, 6.45) is -1.48. The Morgan fingerprint density at radius 2 is 1.77 bits per heavy atom. The zero-order valence-corrected chi connectivity index (χ0v) is 11.9. The van der Waals surface area contributed by atoms with Crippen LogP contribution in [0, 0.1) is 0 Å². The Bertz CT molecular complexity index is 712. The quantitative estimate of drug-likeness (QED) is 0.676. The summed E-state index contributed by atoms with van der Waals surface area (Å²) in [5, 5.41) is 39.4. The molecule has 0 aliphatic carbocycles. The van der Waals surface area contributed by atoms with Gasteiger partial charge in [-0.25, -0.2) is 0 Å². The Labute approximate surface area is 126 Å². The molecule has 6 heteroatoms. The van der Waals surface area contributed by atoms with Crippen LogP contribution in [-0.4, -0.2) is 33.6 Å². The van der Waals surface area contributed by atoms with Gasteiger partial charge < -0.3 is 29.9 Å². The predicted octanol–water partition coefficient (Wildman–Crippen LogP) is 1.85. The van der Waals surface area contributed by atoms with Crippen molar-refractivity contribution in [1.82, 2.24) is 0 Å². The third-order valence-electron chi connectivity index (χ3n) is 3.66. The lowest BCUT2D eigenvalue weighted by atomic mass is 9.94. The van der Waals surface area contributed by atoms with Crippen molar-refractivity contribution in [2.24, 2.45) is 0 Å². The van der Waals surface area contributed by atoms with Crippen molar-refractivity contribution in [3.63, 3.8) is 0 Å². The Morgan fingerprint density at radius 1 is 1.05 bits per heavy atom. The van der Waals surface area contributed by atoms with E-state index in [9.17, 15) is 20.4 Å². The number of ether oxygens (including phenoxy) is 2. The molecule has 2 atom stereocenters. The Hall–Kier alpha value is -2.60. The Kier molecular flexibility index (Phi) is 3.46. The molecule has 2 aromatic carbocycles. The molecule has 6 nitrogen and oxygen atoms in total. The van der Waals surface area contributed by atoms with Crippen LogP contribution in [0.15, 0.2) is 30.3 Å². The first-order chi connectivity index (χ1) is 10.5. The standard InChI is InChI=1S/C16H16O6/c1-21-11-3-8(2-9(17)4-11)16-14(20)7-12-13(19)5-10(18)6-15(12)22-16/h2-6,14,16-20H,7H2,1H3/t14-,16-/m0/s1. The van der Waals surface area contributed by atoms with Crippen molar-refractivity contribution in [2.75, 3.05) is 7.11 Å². The number of rotatable bonds is 2. The molecule has 0 aromatic heterocycles. The largest absolute Gasteiger partial charge is 0.508 e. The number of benzene rings is 2. The summed E-state index contributed by atoms with van der Waals surface area (Å²) in [6.45, 7) is 0. The lowest BCUT2D eigenvalue weighted by molar-refractivity contribution is 0.0196. The molecule has 0 saturated heterocycles. The van der Waals surface area contributed by atoms with E-state index < -0.39 is 12.2 Å². The second-order valence-electron chi connectivity index (χ2n) is 5.22. The molecule has 4 N–H and O–H groups in total. The van der Waals surface area contributed by atoms with Crippen molar-refractivity contribution in [1.29, 1.82) is 0 Å². The minimum atomic E-state index is -0.908. The van der Waals surface area contributed by atoms with E-state index in [-0.39, 0.29) is 23.7 Å². The summed E-state index contributed by atoms with van der Waals surface area (Å²) in [5.41, 5.74) is 0.978. The normalized spacial score (nSPS) is 20.1. The van der Waals surface area contributed by atoms with Gasteiger partial charge in [-0.15, -0.1) is 0 Å². The smallest absolute Gasteiger partial charge is 0.150 e. The van der Waals surface area contributed by atoms with Crippen LogP contribution in [0.3, 0.4) is 0 Å². The Balaban J connectivity index is 2.01. The maximum Gasteiger partial charge on any atom is 0.150 e. The second-order valence-corrected chi connectivity index (χ2v) is 5.22. The predicted molar refractivity (Wildman–Crippen MR) is 77.5 cm³/mol. The number of aromatic hydroxyl groups is 3. The molecule has 1 aliphatic rings. The van der Waals surface area contributed by atoms with E-state index in [1.807, 2.05) is 0 Å². The van der Waals surface area contributed by atoms with Gasteiger partial charge in [0.2, 0.25) is 0 Å². The number of fused-ring (bicyclic) bond motifs is 1. The molecule has 1 heterocycles. The van der Waals surface area contributed by atoms with Crippen molar-refractivity contribution in [3.05, 3.63) is 41.5 Å². The summed E-state index contributed by atoms with van der Waals surface area (Å²) < 4.78 is 10.8. The highest BCUT2D eigenvalue weighted by atomic mass is 16.5. The maximum atomic E-state index is 10.3. The van der Waals surface area contributed by atoms with Gasteiger partial charge in [0.1, 0.15) is 28.7 Å². The molecule has 0 radical (unpaired) electrons. The Morgan fingerprint density at radius 3 is 2.50 bits per heavy atom. The van der Waals surface area contributed by atoms with Gasteiger partial charge in [-0.05, 0) is 12.1 Å². The minimum Gasteiger partial charge on any atom is -0.508 e. The third kappa shape index (κ3) is 2.48. The number of hydrogen-bond acceptors (Lipinski definition) is 6. The van der Waals surface area contributed by atoms with E-state index >= 15 is 0 Å². The van der Waals surface area contributed by atoms with E-state index in [1.54, 1.807) is 6.07 Å². The SMILES string of the molecule is COc1cc(O)cc([C@@H]2Oc3cc(O)cc(O)c3C[C@@H]2O)c1. The molecule has 0 saturated carbocycles. The summed E-state index contributed by atoms with van der Waals surface area (Å²) in [4.78, 5) is 0. The fourth-order valence-corrected chi connectivity index (χ4v) is 2.64. The summed E-state index contributed by atoms with van der Waals surface area (Å²) in [6, 6.07) is 7.16. The molecule has 3 rings (SSSR count). The van der Waals surface area contributed by atoms with Crippen LogP contribution in [0.1, 0.15) is 17.2 Å². The molecule has 2 aromatic rings. The highest BCUT2D eigenvalue weighted by Crippen LogP contribution is 2.42. The van der Waals surface area contributed by atoms with Gasteiger partial charge in [-0.1, -0.05) is 0 Å². The molecule has 0 bridgehead atoms. The average Bonchev–Trinajstić information content (AvgIpc) is 2.46. The van der Waals surface area contributed by atoms with Crippen LogP contribution in [0.4, 0.5) is 0 Å². The van der Waals surface area contributed by atoms with Gasteiger partial charge in [0, 0.05) is 35.7 Å². The van der Waals surface area contributed by atoms with Gasteiger partial charge >= 0.3 is 0 Å². The zero-order valence-electron chi connectivity index (χ0n) is 11.9. The van der Waals surface area contributed by atoms with Crippen molar-refractivity contribution >= 4 is 0 Å². The number of aliphatic hydroxyl groups is 1. The van der Waals surface area contributed by atoms with E-state index in [4.69, 9.17) is 9.47 Å². The fourth-order valence-electron chi connectivity index (χ4n) is 2.64. The molecule has 116 valence electrons. The molecule has 0 unspecified atom stereocenters. The molecule has 0 amide bonds. The van der Waals surface area contributed by atoms with Gasteiger partial charge in [0.15, 0.2) is 6.10 Å².